The number of nitrogens with one attached hydrogen (secondary N) is 1. The summed E-state index contributed by atoms with van der Waals surface area (Å²) in [5.41, 5.74) is -0.654. The Bertz CT molecular complexity index is 580. The van der Waals surface area contributed by atoms with Crippen LogP contribution in [0.4, 0.5) is 10.6 Å². The van der Waals surface area contributed by atoms with E-state index in [9.17, 15) is 14.4 Å². The van der Waals surface area contributed by atoms with Crippen molar-refractivity contribution in [2.45, 2.75) is 45.3 Å². The minimum Gasteiger partial charge on any atom is -0.444 e. The van der Waals surface area contributed by atoms with Crippen molar-refractivity contribution in [2.75, 3.05) is 4.90 Å². The second-order valence-electron chi connectivity index (χ2n) is 5.99. The normalized spacial score (nSPS) is 19.0. The molecule has 1 aromatic heterocycles. The van der Waals surface area contributed by atoms with Crippen molar-refractivity contribution >= 4 is 23.7 Å². The van der Waals surface area contributed by atoms with Gasteiger partial charge in [0, 0.05) is 12.6 Å². The lowest BCUT2D eigenvalue weighted by atomic mass is 10.0. The van der Waals surface area contributed by atoms with Gasteiger partial charge in [-0.25, -0.2) is 14.7 Å². The minimum absolute atomic E-state index is 0.156. The highest BCUT2D eigenvalue weighted by molar-refractivity contribution is 6.18. The number of carbonyl (C=O) groups excluding carboxylic acids is 3. The molecule has 0 spiro atoms. The van der Waals surface area contributed by atoms with Crippen LogP contribution in [0.5, 0.6) is 0 Å². The van der Waals surface area contributed by atoms with Crippen molar-refractivity contribution in [1.82, 2.24) is 10.3 Å². The molecule has 7 heteroatoms. The molecule has 7 nitrogen and oxygen atoms in total. The molecule has 1 aliphatic heterocycles. The average molecular weight is 305 g/mol. The van der Waals surface area contributed by atoms with Gasteiger partial charge in [-0.2, -0.15) is 0 Å². The summed E-state index contributed by atoms with van der Waals surface area (Å²) >= 11 is 0. The monoisotopic (exact) mass is 305 g/mol. The number of imide groups is 1. The summed E-state index contributed by atoms with van der Waals surface area (Å²) in [6.07, 6.45) is 1.23. The number of piperidine rings is 1. The van der Waals surface area contributed by atoms with Crippen LogP contribution in [0.25, 0.3) is 0 Å². The summed E-state index contributed by atoms with van der Waals surface area (Å²) in [6.45, 7) is 5.21. The van der Waals surface area contributed by atoms with Crippen LogP contribution >= 0.6 is 0 Å². The molecule has 1 fully saturated rings. The van der Waals surface area contributed by atoms with E-state index in [4.69, 9.17) is 4.74 Å². The van der Waals surface area contributed by atoms with E-state index in [0.29, 0.717) is 0 Å². The van der Waals surface area contributed by atoms with Crippen LogP contribution in [0.3, 0.4) is 0 Å². The Labute approximate surface area is 128 Å². The van der Waals surface area contributed by atoms with Crippen LogP contribution in [0.2, 0.25) is 0 Å². The van der Waals surface area contributed by atoms with Crippen molar-refractivity contribution in [2.24, 2.45) is 0 Å². The van der Waals surface area contributed by atoms with Crippen molar-refractivity contribution < 1.29 is 19.1 Å². The molecule has 0 aliphatic carbocycles. The zero-order valence-electron chi connectivity index (χ0n) is 12.8. The smallest absolute Gasteiger partial charge is 0.408 e. The molecule has 0 bridgehead atoms. The molecular weight excluding hydrogens is 286 g/mol. The van der Waals surface area contributed by atoms with Gasteiger partial charge in [0.05, 0.1) is 0 Å². The third-order valence-electron chi connectivity index (χ3n) is 2.98. The van der Waals surface area contributed by atoms with Crippen molar-refractivity contribution in [3.05, 3.63) is 24.4 Å². The van der Waals surface area contributed by atoms with Gasteiger partial charge in [-0.15, -0.1) is 0 Å². The first-order chi connectivity index (χ1) is 10.3. The SMILES string of the molecule is CC(C)(C)OC(=O)NC1CCC(=O)N(c2ccccn2)C1=O. The van der Waals surface area contributed by atoms with Crippen LogP contribution in [-0.4, -0.2) is 34.5 Å². The number of amides is 3. The van der Waals surface area contributed by atoms with Crippen LogP contribution in [0.1, 0.15) is 33.6 Å². The fourth-order valence-corrected chi connectivity index (χ4v) is 2.09. The molecule has 3 amide bonds. The Balaban J connectivity index is 2.10. The third-order valence-corrected chi connectivity index (χ3v) is 2.98. The van der Waals surface area contributed by atoms with Crippen LogP contribution in [0, 0.1) is 0 Å². The minimum atomic E-state index is -0.797. The van der Waals surface area contributed by atoms with E-state index in [-0.39, 0.29) is 24.6 Å². The van der Waals surface area contributed by atoms with Gasteiger partial charge in [-0.1, -0.05) is 6.07 Å². The number of hydrogen-bond donors (Lipinski definition) is 1. The molecular formula is C15H19N3O4. The highest BCUT2D eigenvalue weighted by Crippen LogP contribution is 2.20. The molecule has 1 aliphatic rings. The van der Waals surface area contributed by atoms with Gasteiger partial charge in [-0.3, -0.25) is 9.59 Å². The van der Waals surface area contributed by atoms with Crippen LogP contribution < -0.4 is 10.2 Å². The van der Waals surface area contributed by atoms with Gasteiger partial charge in [0.1, 0.15) is 17.5 Å². The molecule has 0 radical (unpaired) electrons. The van der Waals surface area contributed by atoms with Gasteiger partial charge in [-0.05, 0) is 39.3 Å². The van der Waals surface area contributed by atoms with Gasteiger partial charge < -0.3 is 10.1 Å². The van der Waals surface area contributed by atoms with E-state index in [1.54, 1.807) is 39.0 Å². The summed E-state index contributed by atoms with van der Waals surface area (Å²) in [5, 5.41) is 2.51. The Morgan fingerprint density at radius 2 is 2.09 bits per heavy atom. The molecule has 2 rings (SSSR count). The molecule has 1 N–H and O–H groups in total. The summed E-state index contributed by atoms with van der Waals surface area (Å²) in [4.78, 5) is 41.2. The summed E-state index contributed by atoms with van der Waals surface area (Å²) < 4.78 is 5.14. The quantitative estimate of drug-likeness (QED) is 0.839. The molecule has 1 atom stereocenters. The summed E-state index contributed by atoms with van der Waals surface area (Å²) in [7, 11) is 0. The van der Waals surface area contributed by atoms with Gasteiger partial charge in [0.2, 0.25) is 5.91 Å². The average Bonchev–Trinajstić information content (AvgIpc) is 2.41. The Hall–Kier alpha value is -2.44. The maximum atomic E-state index is 12.4. The maximum absolute atomic E-state index is 12.4. The van der Waals surface area contributed by atoms with Crippen LogP contribution in [-0.2, 0) is 14.3 Å². The van der Waals surface area contributed by atoms with E-state index in [1.165, 1.54) is 6.20 Å². The lowest BCUT2D eigenvalue weighted by molar-refractivity contribution is -0.130. The highest BCUT2D eigenvalue weighted by atomic mass is 16.6. The maximum Gasteiger partial charge on any atom is 0.408 e. The molecule has 1 saturated heterocycles. The topological polar surface area (TPSA) is 88.6 Å². The number of carbonyl (C=O) groups is 3. The van der Waals surface area contributed by atoms with Gasteiger partial charge in [0.15, 0.2) is 0 Å². The second kappa shape index (κ2) is 6.13. The zero-order chi connectivity index (χ0) is 16.3. The molecule has 22 heavy (non-hydrogen) atoms. The number of aromatic nitrogens is 1. The third kappa shape index (κ3) is 3.81. The van der Waals surface area contributed by atoms with Crippen molar-refractivity contribution in [3.63, 3.8) is 0 Å². The molecule has 0 aromatic carbocycles. The molecule has 1 unspecified atom stereocenters. The van der Waals surface area contributed by atoms with E-state index < -0.39 is 23.6 Å². The number of rotatable bonds is 2. The van der Waals surface area contributed by atoms with Crippen molar-refractivity contribution in [1.29, 1.82) is 0 Å². The summed E-state index contributed by atoms with van der Waals surface area (Å²) in [5.74, 6) is -0.570. The van der Waals surface area contributed by atoms with Gasteiger partial charge >= 0.3 is 6.09 Å². The predicted molar refractivity (Wildman–Crippen MR) is 79.1 cm³/mol. The summed E-state index contributed by atoms with van der Waals surface area (Å²) in [6, 6.07) is 4.16. The number of anilines is 1. The Morgan fingerprint density at radius 1 is 1.36 bits per heavy atom. The molecule has 1 aromatic rings. The predicted octanol–water partition coefficient (Wildman–Crippen LogP) is 1.63. The van der Waals surface area contributed by atoms with E-state index >= 15 is 0 Å². The largest absolute Gasteiger partial charge is 0.444 e. The lowest BCUT2D eigenvalue weighted by Gasteiger charge is -2.30. The number of ether oxygens (including phenoxy) is 1. The molecule has 118 valence electrons. The Morgan fingerprint density at radius 3 is 2.68 bits per heavy atom. The van der Waals surface area contributed by atoms with Crippen LogP contribution in [0.15, 0.2) is 24.4 Å². The van der Waals surface area contributed by atoms with E-state index in [1.807, 2.05) is 0 Å². The first kappa shape index (κ1) is 15.9. The zero-order valence-corrected chi connectivity index (χ0v) is 12.8. The standard InChI is InChI=1S/C15H19N3O4/c1-15(2,3)22-14(21)17-10-7-8-12(19)18(13(10)20)11-6-4-5-9-16-11/h4-6,9-10H,7-8H2,1-3H3,(H,17,21). The lowest BCUT2D eigenvalue weighted by Crippen LogP contribution is -2.55. The molecule has 2 heterocycles. The van der Waals surface area contributed by atoms with Crippen molar-refractivity contribution in [3.8, 4) is 0 Å². The fraction of sp³-hybridized carbons (Fsp3) is 0.467. The number of pyridine rings is 1. The second-order valence-corrected chi connectivity index (χ2v) is 5.99. The first-order valence-corrected chi connectivity index (χ1v) is 7.05. The number of nitrogens with zero attached hydrogens (tertiary/aromatic N) is 2. The highest BCUT2D eigenvalue weighted by Gasteiger charge is 2.37. The number of hydrogen-bond acceptors (Lipinski definition) is 5. The first-order valence-electron chi connectivity index (χ1n) is 7.05. The number of alkyl carbamates (subject to hydrolysis) is 1. The van der Waals surface area contributed by atoms with E-state index in [2.05, 4.69) is 10.3 Å². The van der Waals surface area contributed by atoms with E-state index in [0.717, 1.165) is 4.90 Å². The fourth-order valence-electron chi connectivity index (χ4n) is 2.09. The Kier molecular flexibility index (Phi) is 4.44. The van der Waals surface area contributed by atoms with Gasteiger partial charge in [0.25, 0.3) is 5.91 Å². The molecule has 0 saturated carbocycles.